The molecule has 0 radical (unpaired) electrons. The van der Waals surface area contributed by atoms with E-state index in [2.05, 4.69) is 6.92 Å². The van der Waals surface area contributed by atoms with Crippen LogP contribution in [0.5, 0.6) is 5.75 Å². The summed E-state index contributed by atoms with van der Waals surface area (Å²) < 4.78 is 6.03. The van der Waals surface area contributed by atoms with Gasteiger partial charge in [-0.05, 0) is 56.1 Å². The van der Waals surface area contributed by atoms with Crippen molar-refractivity contribution >= 4 is 35.0 Å². The minimum absolute atomic E-state index is 0.106. The smallest absolute Gasteiger partial charge is 0.306 e. The van der Waals surface area contributed by atoms with Crippen LogP contribution in [0.3, 0.4) is 0 Å². The number of carboxylic acids is 1. The molecule has 3 aliphatic rings. The highest BCUT2D eigenvalue weighted by molar-refractivity contribution is 6.45. The highest BCUT2D eigenvalue weighted by Crippen LogP contribution is 2.52. The maximum atomic E-state index is 13.2. The van der Waals surface area contributed by atoms with Gasteiger partial charge < -0.3 is 9.84 Å². The molecular weight excluding hydrogens is 387 g/mol. The van der Waals surface area contributed by atoms with Crippen LogP contribution in [0.15, 0.2) is 6.07 Å². The first-order chi connectivity index (χ1) is 12.8. The third kappa shape index (κ3) is 3.15. The summed E-state index contributed by atoms with van der Waals surface area (Å²) >= 11 is 13.0. The average Bonchev–Trinajstić information content (AvgIpc) is 3.34. The largest absolute Gasteiger partial charge is 0.489 e. The maximum absolute atomic E-state index is 13.2. The lowest BCUT2D eigenvalue weighted by Gasteiger charge is -2.29. The molecule has 0 saturated heterocycles. The third-order valence-electron chi connectivity index (χ3n) is 6.84. The minimum Gasteiger partial charge on any atom is -0.489 e. The van der Waals surface area contributed by atoms with Gasteiger partial charge in [-0.2, -0.15) is 0 Å². The number of halogens is 2. The lowest BCUT2D eigenvalue weighted by molar-refractivity contribution is -0.141. The summed E-state index contributed by atoms with van der Waals surface area (Å²) in [6, 6.07) is 1.86. The Hall–Kier alpha value is -1.26. The summed E-state index contributed by atoms with van der Waals surface area (Å²) in [5.41, 5.74) is 1.05. The van der Waals surface area contributed by atoms with Crippen LogP contribution in [-0.2, 0) is 11.2 Å². The molecule has 4 rings (SSSR count). The van der Waals surface area contributed by atoms with Crippen molar-refractivity contribution in [3.05, 3.63) is 27.2 Å². The molecule has 1 aromatic rings. The number of Topliss-reactive ketones (excluding diaryl/α,β-unsaturated/α-hetero) is 1. The molecular formula is C21H24Cl2O4. The van der Waals surface area contributed by atoms with Gasteiger partial charge in [-0.1, -0.05) is 43.0 Å². The van der Waals surface area contributed by atoms with Crippen LogP contribution in [0.4, 0.5) is 0 Å². The summed E-state index contributed by atoms with van der Waals surface area (Å²) in [6.07, 6.45) is 6.78. The molecule has 0 amide bonds. The van der Waals surface area contributed by atoms with Gasteiger partial charge in [0.1, 0.15) is 10.8 Å². The van der Waals surface area contributed by atoms with E-state index in [0.717, 1.165) is 18.4 Å². The first-order valence-corrected chi connectivity index (χ1v) is 10.5. The second kappa shape index (κ2) is 6.97. The van der Waals surface area contributed by atoms with Crippen molar-refractivity contribution in [3.8, 4) is 5.75 Å². The second-order valence-corrected chi connectivity index (χ2v) is 9.29. The van der Waals surface area contributed by atoms with Gasteiger partial charge in [0.05, 0.1) is 17.0 Å². The highest BCUT2D eigenvalue weighted by atomic mass is 35.5. The number of hydrogen-bond donors (Lipinski definition) is 1. The summed E-state index contributed by atoms with van der Waals surface area (Å²) in [5.74, 6) is -0.180. The number of carbonyl (C=O) groups is 2. The summed E-state index contributed by atoms with van der Waals surface area (Å²) in [5, 5.41) is 9.72. The first-order valence-electron chi connectivity index (χ1n) is 9.76. The SMILES string of the molecule is CC1(C2CCCC2)Cc2cc(O[C@H]3CC[C@H](C(=O)O)C3)c(Cl)c(Cl)c2C1=O. The summed E-state index contributed by atoms with van der Waals surface area (Å²) in [6.45, 7) is 2.06. The summed E-state index contributed by atoms with van der Waals surface area (Å²) in [7, 11) is 0. The van der Waals surface area contributed by atoms with Crippen LogP contribution in [0.25, 0.3) is 0 Å². The van der Waals surface area contributed by atoms with E-state index in [4.69, 9.17) is 27.9 Å². The van der Waals surface area contributed by atoms with E-state index in [9.17, 15) is 14.7 Å². The minimum atomic E-state index is -0.780. The zero-order chi connectivity index (χ0) is 19.3. The number of ether oxygens (including phenoxy) is 1. The zero-order valence-electron chi connectivity index (χ0n) is 15.4. The van der Waals surface area contributed by atoms with Crippen LogP contribution in [-0.4, -0.2) is 23.0 Å². The molecule has 27 heavy (non-hydrogen) atoms. The van der Waals surface area contributed by atoms with E-state index < -0.39 is 11.4 Å². The van der Waals surface area contributed by atoms with Crippen molar-refractivity contribution in [2.24, 2.45) is 17.3 Å². The van der Waals surface area contributed by atoms with Gasteiger partial charge in [-0.3, -0.25) is 9.59 Å². The van der Waals surface area contributed by atoms with Crippen LogP contribution >= 0.6 is 23.2 Å². The molecule has 1 aromatic carbocycles. The van der Waals surface area contributed by atoms with Crippen molar-refractivity contribution in [3.63, 3.8) is 0 Å². The van der Waals surface area contributed by atoms with Gasteiger partial charge in [-0.25, -0.2) is 0 Å². The van der Waals surface area contributed by atoms with Gasteiger partial charge in [0.15, 0.2) is 5.78 Å². The van der Waals surface area contributed by atoms with Crippen molar-refractivity contribution in [2.75, 3.05) is 0 Å². The van der Waals surface area contributed by atoms with Gasteiger partial charge in [0.2, 0.25) is 0 Å². The second-order valence-electron chi connectivity index (χ2n) is 8.53. The fourth-order valence-electron chi connectivity index (χ4n) is 5.23. The molecule has 2 saturated carbocycles. The molecule has 1 N–H and O–H groups in total. The molecule has 4 nitrogen and oxygen atoms in total. The van der Waals surface area contributed by atoms with Crippen molar-refractivity contribution < 1.29 is 19.4 Å². The van der Waals surface area contributed by atoms with Crippen molar-refractivity contribution in [2.45, 2.75) is 64.4 Å². The van der Waals surface area contributed by atoms with Crippen LogP contribution in [0.1, 0.15) is 67.8 Å². The number of carbonyl (C=O) groups excluding carboxylic acids is 1. The van der Waals surface area contributed by atoms with E-state index in [-0.39, 0.29) is 27.9 Å². The first kappa shape index (κ1) is 19.1. The third-order valence-corrected chi connectivity index (χ3v) is 7.69. The van der Waals surface area contributed by atoms with E-state index in [1.165, 1.54) is 12.8 Å². The molecule has 3 aliphatic carbocycles. The molecule has 146 valence electrons. The standard InChI is InChI=1S/C21H24Cl2O4/c1-21(13-4-2-3-5-13)10-12-9-15(17(22)18(23)16(12)19(21)24)27-14-7-6-11(8-14)20(25)26/h9,11,13-14H,2-8,10H2,1H3,(H,25,26)/t11-,14-,21?/m0/s1. The Kier molecular flexibility index (Phi) is 4.92. The number of fused-ring (bicyclic) bond motifs is 1. The Labute approximate surface area is 169 Å². The van der Waals surface area contributed by atoms with Crippen LogP contribution in [0, 0.1) is 17.3 Å². The lowest BCUT2D eigenvalue weighted by Crippen LogP contribution is -2.32. The van der Waals surface area contributed by atoms with Crippen molar-refractivity contribution in [1.82, 2.24) is 0 Å². The van der Waals surface area contributed by atoms with Crippen LogP contribution < -0.4 is 4.74 Å². The highest BCUT2D eigenvalue weighted by Gasteiger charge is 2.49. The van der Waals surface area contributed by atoms with Gasteiger partial charge >= 0.3 is 5.97 Å². The molecule has 0 spiro atoms. The molecule has 0 heterocycles. The number of rotatable bonds is 4. The fraction of sp³-hybridized carbons (Fsp3) is 0.619. The Morgan fingerprint density at radius 2 is 1.89 bits per heavy atom. The van der Waals surface area contributed by atoms with Gasteiger partial charge in [-0.15, -0.1) is 0 Å². The Bertz CT molecular complexity index is 800. The predicted molar refractivity (Wildman–Crippen MR) is 104 cm³/mol. The van der Waals surface area contributed by atoms with E-state index >= 15 is 0 Å². The molecule has 1 unspecified atom stereocenters. The molecule has 6 heteroatoms. The molecule has 2 fully saturated rings. The fourth-order valence-corrected chi connectivity index (χ4v) is 5.72. The number of carboxylic acid groups (broad SMARTS) is 1. The monoisotopic (exact) mass is 410 g/mol. The van der Waals surface area contributed by atoms with E-state index in [0.29, 0.717) is 42.9 Å². The number of aliphatic carboxylic acids is 1. The Morgan fingerprint density at radius 1 is 1.19 bits per heavy atom. The molecule has 0 aliphatic heterocycles. The lowest BCUT2D eigenvalue weighted by atomic mass is 9.73. The van der Waals surface area contributed by atoms with Crippen LogP contribution in [0.2, 0.25) is 10.0 Å². The average molecular weight is 411 g/mol. The molecule has 0 aromatic heterocycles. The van der Waals surface area contributed by atoms with Gasteiger partial charge in [0, 0.05) is 11.0 Å². The number of ketones is 1. The van der Waals surface area contributed by atoms with Gasteiger partial charge in [0.25, 0.3) is 0 Å². The van der Waals surface area contributed by atoms with Crippen molar-refractivity contribution in [1.29, 1.82) is 0 Å². The number of hydrogen-bond acceptors (Lipinski definition) is 3. The topological polar surface area (TPSA) is 63.6 Å². The van der Waals surface area contributed by atoms with E-state index in [1.54, 1.807) is 0 Å². The summed E-state index contributed by atoms with van der Waals surface area (Å²) in [4.78, 5) is 24.4. The zero-order valence-corrected chi connectivity index (χ0v) is 16.9. The normalized spacial score (nSPS) is 30.7. The Balaban J connectivity index is 1.61. The quantitative estimate of drug-likeness (QED) is 0.705. The predicted octanol–water partition coefficient (Wildman–Crippen LogP) is 5.56. The Morgan fingerprint density at radius 3 is 2.52 bits per heavy atom. The van der Waals surface area contributed by atoms with E-state index in [1.807, 2.05) is 6.07 Å². The number of benzene rings is 1. The maximum Gasteiger partial charge on any atom is 0.306 e. The molecule has 3 atom stereocenters. The molecule has 0 bridgehead atoms.